The molecule has 1 aliphatic rings. The van der Waals surface area contributed by atoms with E-state index in [1.165, 1.54) is 0 Å². The number of carbonyl (C=O) groups is 2. The molecule has 5 rings (SSSR count). The molecule has 0 unspecified atom stereocenters. The molecule has 0 bridgehead atoms. The van der Waals surface area contributed by atoms with Gasteiger partial charge in [-0.05, 0) is 30.7 Å². The number of aromatic nitrogens is 2. The summed E-state index contributed by atoms with van der Waals surface area (Å²) < 4.78 is 7.24. The quantitative estimate of drug-likeness (QED) is 0.450. The number of ether oxygens (including phenoxy) is 1. The van der Waals surface area contributed by atoms with Crippen molar-refractivity contribution in [1.82, 2.24) is 9.78 Å². The predicted octanol–water partition coefficient (Wildman–Crippen LogP) is 4.93. The summed E-state index contributed by atoms with van der Waals surface area (Å²) in [5.41, 5.74) is 4.04. The van der Waals surface area contributed by atoms with Crippen molar-refractivity contribution >= 4 is 23.2 Å². The lowest BCUT2D eigenvalue weighted by Crippen LogP contribution is -2.24. The fraction of sp³-hybridized carbons (Fsp3) is 0.148. The molecular formula is C27H24N4O3. The van der Waals surface area contributed by atoms with Crippen molar-refractivity contribution < 1.29 is 14.3 Å². The van der Waals surface area contributed by atoms with Crippen LogP contribution < -0.4 is 15.0 Å². The molecule has 1 aromatic heterocycles. The standard InChI is InChI=1S/C27H24N4O3/c1-34-24-17-20(14-15-23(24)30-16-8-13-25(30)32)28-27(33)22-18-31(21-11-6-3-7-12-21)29-26(22)19-9-4-2-5-10-19/h2-7,9-12,14-15,17-18H,8,13,16H2,1H3,(H,28,33). The van der Waals surface area contributed by atoms with E-state index < -0.39 is 0 Å². The Balaban J connectivity index is 1.47. The zero-order chi connectivity index (χ0) is 23.5. The van der Waals surface area contributed by atoms with Crippen LogP contribution in [0.5, 0.6) is 5.75 Å². The molecule has 0 atom stereocenters. The maximum absolute atomic E-state index is 13.4. The van der Waals surface area contributed by atoms with E-state index in [2.05, 4.69) is 5.32 Å². The molecule has 1 N–H and O–H groups in total. The third-order valence-electron chi connectivity index (χ3n) is 5.83. The minimum Gasteiger partial charge on any atom is -0.494 e. The maximum Gasteiger partial charge on any atom is 0.259 e. The van der Waals surface area contributed by atoms with Crippen molar-refractivity contribution in [3.05, 3.63) is 90.6 Å². The molecule has 3 aromatic carbocycles. The van der Waals surface area contributed by atoms with Gasteiger partial charge in [0.05, 0.1) is 24.0 Å². The number of hydrogen-bond donors (Lipinski definition) is 1. The smallest absolute Gasteiger partial charge is 0.259 e. The highest BCUT2D eigenvalue weighted by Gasteiger charge is 2.25. The molecule has 0 radical (unpaired) electrons. The highest BCUT2D eigenvalue weighted by molar-refractivity contribution is 6.08. The van der Waals surface area contributed by atoms with Crippen LogP contribution in [0.1, 0.15) is 23.2 Å². The van der Waals surface area contributed by atoms with E-state index in [1.54, 1.807) is 35.0 Å². The van der Waals surface area contributed by atoms with Crippen LogP contribution in [0.15, 0.2) is 85.1 Å². The zero-order valence-electron chi connectivity index (χ0n) is 18.8. The van der Waals surface area contributed by atoms with Gasteiger partial charge in [-0.15, -0.1) is 0 Å². The molecule has 1 aliphatic heterocycles. The summed E-state index contributed by atoms with van der Waals surface area (Å²) in [4.78, 5) is 27.3. The van der Waals surface area contributed by atoms with E-state index in [1.807, 2.05) is 66.7 Å². The number of methoxy groups -OCH3 is 1. The summed E-state index contributed by atoms with van der Waals surface area (Å²) in [6, 6.07) is 24.6. The van der Waals surface area contributed by atoms with Crippen molar-refractivity contribution in [1.29, 1.82) is 0 Å². The van der Waals surface area contributed by atoms with E-state index >= 15 is 0 Å². The van der Waals surface area contributed by atoms with Gasteiger partial charge in [-0.3, -0.25) is 9.59 Å². The normalized spacial score (nSPS) is 13.2. The molecule has 1 saturated heterocycles. The van der Waals surface area contributed by atoms with Crippen molar-refractivity contribution in [2.75, 3.05) is 23.9 Å². The van der Waals surface area contributed by atoms with Crippen LogP contribution >= 0.6 is 0 Å². The number of amides is 2. The lowest BCUT2D eigenvalue weighted by atomic mass is 10.1. The number of nitrogens with zero attached hydrogens (tertiary/aromatic N) is 3. The van der Waals surface area contributed by atoms with Gasteiger partial charge in [0, 0.05) is 36.5 Å². The number of para-hydroxylation sites is 1. The second kappa shape index (κ2) is 9.23. The molecular weight excluding hydrogens is 428 g/mol. The van der Waals surface area contributed by atoms with Gasteiger partial charge in [0.1, 0.15) is 11.4 Å². The SMILES string of the molecule is COc1cc(NC(=O)c2cn(-c3ccccc3)nc2-c2ccccc2)ccc1N1CCCC1=O. The van der Waals surface area contributed by atoms with Crippen LogP contribution in [0.25, 0.3) is 16.9 Å². The Bertz CT molecular complexity index is 1330. The van der Waals surface area contributed by atoms with E-state index in [0.717, 1.165) is 17.7 Å². The second-order valence-corrected chi connectivity index (χ2v) is 8.03. The minimum atomic E-state index is -0.284. The van der Waals surface area contributed by atoms with E-state index in [0.29, 0.717) is 41.3 Å². The average molecular weight is 453 g/mol. The molecule has 0 spiro atoms. The number of rotatable bonds is 6. The summed E-state index contributed by atoms with van der Waals surface area (Å²) in [7, 11) is 1.56. The Hall–Kier alpha value is -4.39. The summed E-state index contributed by atoms with van der Waals surface area (Å²) in [6.45, 7) is 0.667. The molecule has 1 fully saturated rings. The Morgan fingerprint density at radius 3 is 2.41 bits per heavy atom. The molecule has 2 heterocycles. The summed E-state index contributed by atoms with van der Waals surface area (Å²) in [6.07, 6.45) is 3.10. The number of hydrogen-bond acceptors (Lipinski definition) is 4. The molecule has 7 heteroatoms. The van der Waals surface area contributed by atoms with E-state index in [-0.39, 0.29) is 11.8 Å². The van der Waals surface area contributed by atoms with Crippen molar-refractivity contribution in [3.8, 4) is 22.7 Å². The van der Waals surface area contributed by atoms with Gasteiger partial charge in [0.15, 0.2) is 0 Å². The number of benzene rings is 3. The van der Waals surface area contributed by atoms with Crippen LogP contribution in [0.4, 0.5) is 11.4 Å². The van der Waals surface area contributed by atoms with Crippen LogP contribution in [0, 0.1) is 0 Å². The average Bonchev–Trinajstić information content (AvgIpc) is 3.52. The summed E-state index contributed by atoms with van der Waals surface area (Å²) in [5.74, 6) is 0.334. The third-order valence-corrected chi connectivity index (χ3v) is 5.83. The van der Waals surface area contributed by atoms with Crippen molar-refractivity contribution in [2.24, 2.45) is 0 Å². The number of anilines is 2. The largest absolute Gasteiger partial charge is 0.494 e. The Morgan fingerprint density at radius 2 is 1.74 bits per heavy atom. The molecule has 7 nitrogen and oxygen atoms in total. The first-order chi connectivity index (χ1) is 16.6. The first kappa shape index (κ1) is 21.5. The van der Waals surface area contributed by atoms with Crippen LogP contribution in [0.3, 0.4) is 0 Å². The van der Waals surface area contributed by atoms with Gasteiger partial charge >= 0.3 is 0 Å². The Labute approximate surface area is 197 Å². The first-order valence-electron chi connectivity index (χ1n) is 11.1. The molecule has 170 valence electrons. The Kier molecular flexibility index (Phi) is 5.82. The van der Waals surface area contributed by atoms with E-state index in [4.69, 9.17) is 9.84 Å². The number of nitrogens with one attached hydrogen (secondary N) is 1. The summed E-state index contributed by atoms with van der Waals surface area (Å²) in [5, 5.41) is 7.67. The fourth-order valence-corrected chi connectivity index (χ4v) is 4.14. The highest BCUT2D eigenvalue weighted by Crippen LogP contribution is 2.34. The molecule has 0 saturated carbocycles. The lowest BCUT2D eigenvalue weighted by Gasteiger charge is -2.19. The van der Waals surface area contributed by atoms with Gasteiger partial charge < -0.3 is 15.0 Å². The fourth-order valence-electron chi connectivity index (χ4n) is 4.14. The van der Waals surface area contributed by atoms with Crippen molar-refractivity contribution in [2.45, 2.75) is 12.8 Å². The van der Waals surface area contributed by atoms with Crippen LogP contribution in [-0.2, 0) is 4.79 Å². The van der Waals surface area contributed by atoms with Gasteiger partial charge in [0.2, 0.25) is 5.91 Å². The predicted molar refractivity (Wildman–Crippen MR) is 132 cm³/mol. The highest BCUT2D eigenvalue weighted by atomic mass is 16.5. The topological polar surface area (TPSA) is 76.5 Å². The molecule has 0 aliphatic carbocycles. The van der Waals surface area contributed by atoms with Crippen molar-refractivity contribution in [3.63, 3.8) is 0 Å². The second-order valence-electron chi connectivity index (χ2n) is 8.03. The third kappa shape index (κ3) is 4.15. The monoisotopic (exact) mass is 452 g/mol. The minimum absolute atomic E-state index is 0.0796. The summed E-state index contributed by atoms with van der Waals surface area (Å²) >= 11 is 0. The lowest BCUT2D eigenvalue weighted by molar-refractivity contribution is -0.117. The maximum atomic E-state index is 13.4. The van der Waals surface area contributed by atoms with Gasteiger partial charge in [-0.2, -0.15) is 5.10 Å². The van der Waals surface area contributed by atoms with Crippen LogP contribution in [0.2, 0.25) is 0 Å². The zero-order valence-corrected chi connectivity index (χ0v) is 18.8. The Morgan fingerprint density at radius 1 is 1.00 bits per heavy atom. The van der Waals surface area contributed by atoms with Crippen LogP contribution in [-0.4, -0.2) is 35.2 Å². The molecule has 4 aromatic rings. The van der Waals surface area contributed by atoms with Gasteiger partial charge in [-0.25, -0.2) is 4.68 Å². The van der Waals surface area contributed by atoms with Gasteiger partial charge in [-0.1, -0.05) is 48.5 Å². The van der Waals surface area contributed by atoms with Gasteiger partial charge in [0.25, 0.3) is 5.91 Å². The molecule has 2 amide bonds. The molecule has 34 heavy (non-hydrogen) atoms. The first-order valence-corrected chi connectivity index (χ1v) is 11.1. The number of carbonyl (C=O) groups excluding carboxylic acids is 2. The van der Waals surface area contributed by atoms with E-state index in [9.17, 15) is 9.59 Å².